The van der Waals surface area contributed by atoms with Gasteiger partial charge in [-0.1, -0.05) is 0 Å². The first-order valence-corrected chi connectivity index (χ1v) is 4.10. The first-order valence-electron chi connectivity index (χ1n) is 4.10. The van der Waals surface area contributed by atoms with Crippen molar-refractivity contribution in [1.29, 1.82) is 0 Å². The summed E-state index contributed by atoms with van der Waals surface area (Å²) in [5.74, 6) is 0.595. The van der Waals surface area contributed by atoms with E-state index in [0.717, 1.165) is 0 Å². The molecule has 0 saturated heterocycles. The molecule has 0 spiro atoms. The summed E-state index contributed by atoms with van der Waals surface area (Å²) in [6.07, 6.45) is 1.41. The Hall–Kier alpha value is -2.15. The van der Waals surface area contributed by atoms with Crippen molar-refractivity contribution in [1.82, 2.24) is 4.98 Å². The maximum absolute atomic E-state index is 10.4. The number of nitrogens with zero attached hydrogens (tertiary/aromatic N) is 2. The van der Waals surface area contributed by atoms with Crippen molar-refractivity contribution < 1.29 is 13.8 Å². The molecule has 0 amide bonds. The van der Waals surface area contributed by atoms with Crippen LogP contribution < -0.4 is 5.73 Å². The summed E-state index contributed by atoms with van der Waals surface area (Å²) in [4.78, 5) is 13.6. The summed E-state index contributed by atoms with van der Waals surface area (Å²) in [7, 11) is 0. The maximum atomic E-state index is 10.4. The van der Waals surface area contributed by atoms with E-state index >= 15 is 0 Å². The fourth-order valence-electron chi connectivity index (χ4n) is 1.08. The van der Waals surface area contributed by atoms with Crippen LogP contribution in [-0.2, 0) is 6.54 Å². The molecule has 2 aromatic heterocycles. The standard InChI is InChI=1S/C8H7N3O4/c9-3-7-10-4-6(14-7)5-1-2-8(15-5)11(12)13/h1-2,4H,3,9H2. The van der Waals surface area contributed by atoms with Gasteiger partial charge in [0.15, 0.2) is 11.5 Å². The summed E-state index contributed by atoms with van der Waals surface area (Å²) >= 11 is 0. The highest BCUT2D eigenvalue weighted by Crippen LogP contribution is 2.26. The summed E-state index contributed by atoms with van der Waals surface area (Å²) < 4.78 is 10.1. The van der Waals surface area contributed by atoms with Crippen LogP contribution in [-0.4, -0.2) is 9.91 Å². The van der Waals surface area contributed by atoms with Gasteiger partial charge in [-0.15, -0.1) is 0 Å². The van der Waals surface area contributed by atoms with Gasteiger partial charge in [0.05, 0.1) is 18.8 Å². The second-order valence-corrected chi connectivity index (χ2v) is 2.72. The van der Waals surface area contributed by atoms with Crippen molar-refractivity contribution in [3.05, 3.63) is 34.3 Å². The summed E-state index contributed by atoms with van der Waals surface area (Å²) in [6.45, 7) is 0.169. The lowest BCUT2D eigenvalue weighted by atomic mass is 10.4. The molecule has 78 valence electrons. The van der Waals surface area contributed by atoms with Crippen LogP contribution in [0.25, 0.3) is 11.5 Å². The van der Waals surface area contributed by atoms with E-state index in [1.807, 2.05) is 0 Å². The molecule has 0 aliphatic heterocycles. The fraction of sp³-hybridized carbons (Fsp3) is 0.125. The van der Waals surface area contributed by atoms with E-state index in [1.165, 1.54) is 18.3 Å². The second-order valence-electron chi connectivity index (χ2n) is 2.72. The monoisotopic (exact) mass is 209 g/mol. The van der Waals surface area contributed by atoms with E-state index < -0.39 is 4.92 Å². The van der Waals surface area contributed by atoms with Gasteiger partial charge in [-0.3, -0.25) is 10.1 Å². The van der Waals surface area contributed by atoms with Crippen molar-refractivity contribution in [2.75, 3.05) is 0 Å². The van der Waals surface area contributed by atoms with Crippen LogP contribution in [0.4, 0.5) is 5.88 Å². The lowest BCUT2D eigenvalue weighted by molar-refractivity contribution is -0.401. The van der Waals surface area contributed by atoms with Crippen LogP contribution >= 0.6 is 0 Å². The number of hydrogen-bond acceptors (Lipinski definition) is 6. The fourth-order valence-corrected chi connectivity index (χ4v) is 1.08. The minimum atomic E-state index is -0.621. The Morgan fingerprint density at radius 1 is 1.40 bits per heavy atom. The highest BCUT2D eigenvalue weighted by atomic mass is 16.6. The predicted octanol–water partition coefficient (Wildman–Crippen LogP) is 1.30. The Labute approximate surface area is 83.7 Å². The zero-order chi connectivity index (χ0) is 10.8. The second kappa shape index (κ2) is 3.54. The minimum absolute atomic E-state index is 0.169. The van der Waals surface area contributed by atoms with Crippen LogP contribution in [0.2, 0.25) is 0 Å². The molecule has 7 nitrogen and oxygen atoms in total. The molecule has 0 atom stereocenters. The Morgan fingerprint density at radius 3 is 2.73 bits per heavy atom. The normalized spacial score (nSPS) is 10.5. The largest absolute Gasteiger partial charge is 0.436 e. The Kier molecular flexibility index (Phi) is 2.22. The highest BCUT2D eigenvalue weighted by Gasteiger charge is 2.15. The zero-order valence-electron chi connectivity index (χ0n) is 7.54. The molecule has 2 rings (SSSR count). The molecule has 2 aromatic rings. The molecule has 7 heteroatoms. The van der Waals surface area contributed by atoms with Gasteiger partial charge >= 0.3 is 5.88 Å². The number of nitrogens with two attached hydrogens (primary N) is 1. The third-order valence-corrected chi connectivity index (χ3v) is 1.74. The van der Waals surface area contributed by atoms with E-state index in [0.29, 0.717) is 11.7 Å². The molecule has 2 heterocycles. The molecule has 0 bridgehead atoms. The number of hydrogen-bond donors (Lipinski definition) is 1. The lowest BCUT2D eigenvalue weighted by Crippen LogP contribution is -1.94. The van der Waals surface area contributed by atoms with Gasteiger partial charge in [-0.25, -0.2) is 4.98 Å². The van der Waals surface area contributed by atoms with E-state index in [-0.39, 0.29) is 18.2 Å². The summed E-state index contributed by atoms with van der Waals surface area (Å²) in [5, 5.41) is 10.4. The van der Waals surface area contributed by atoms with Crippen molar-refractivity contribution in [3.8, 4) is 11.5 Å². The average molecular weight is 209 g/mol. The van der Waals surface area contributed by atoms with Gasteiger partial charge in [0.25, 0.3) is 0 Å². The number of rotatable bonds is 3. The van der Waals surface area contributed by atoms with Crippen LogP contribution in [0.5, 0.6) is 0 Å². The maximum Gasteiger partial charge on any atom is 0.433 e. The molecule has 0 unspecified atom stereocenters. The van der Waals surface area contributed by atoms with Gasteiger partial charge in [0, 0.05) is 0 Å². The quantitative estimate of drug-likeness (QED) is 0.602. The number of aromatic nitrogens is 1. The zero-order valence-corrected chi connectivity index (χ0v) is 7.54. The number of furan rings is 1. The van der Waals surface area contributed by atoms with Gasteiger partial charge in [0.2, 0.25) is 5.89 Å². The number of oxazole rings is 1. The van der Waals surface area contributed by atoms with E-state index in [2.05, 4.69) is 4.98 Å². The van der Waals surface area contributed by atoms with Crippen molar-refractivity contribution in [2.45, 2.75) is 6.54 Å². The molecular weight excluding hydrogens is 202 g/mol. The van der Waals surface area contributed by atoms with Gasteiger partial charge in [-0.2, -0.15) is 0 Å². The Morgan fingerprint density at radius 2 is 2.20 bits per heavy atom. The summed E-state index contributed by atoms with van der Waals surface area (Å²) in [6, 6.07) is 2.69. The molecular formula is C8H7N3O4. The molecule has 2 N–H and O–H groups in total. The minimum Gasteiger partial charge on any atom is -0.436 e. The molecule has 0 radical (unpaired) electrons. The van der Waals surface area contributed by atoms with Crippen molar-refractivity contribution >= 4 is 5.88 Å². The van der Waals surface area contributed by atoms with E-state index in [9.17, 15) is 10.1 Å². The van der Waals surface area contributed by atoms with Crippen molar-refractivity contribution in [3.63, 3.8) is 0 Å². The van der Waals surface area contributed by atoms with E-state index in [1.54, 1.807) is 0 Å². The third-order valence-electron chi connectivity index (χ3n) is 1.74. The molecule has 0 aliphatic rings. The van der Waals surface area contributed by atoms with Gasteiger partial charge in [-0.05, 0) is 6.07 Å². The molecule has 0 fully saturated rings. The smallest absolute Gasteiger partial charge is 0.433 e. The Balaban J connectivity index is 2.32. The van der Waals surface area contributed by atoms with Gasteiger partial charge in [0.1, 0.15) is 4.92 Å². The first-order chi connectivity index (χ1) is 7.20. The van der Waals surface area contributed by atoms with Crippen LogP contribution in [0.3, 0.4) is 0 Å². The summed E-state index contributed by atoms with van der Waals surface area (Å²) in [5.41, 5.74) is 5.30. The number of nitro groups is 1. The molecule has 0 aromatic carbocycles. The van der Waals surface area contributed by atoms with E-state index in [4.69, 9.17) is 14.6 Å². The SMILES string of the molecule is NCc1ncc(-c2ccc([N+](=O)[O-])o2)o1. The highest BCUT2D eigenvalue weighted by molar-refractivity contribution is 5.50. The van der Waals surface area contributed by atoms with Gasteiger partial charge < -0.3 is 14.6 Å². The van der Waals surface area contributed by atoms with Crippen LogP contribution in [0.15, 0.2) is 27.2 Å². The van der Waals surface area contributed by atoms with Crippen molar-refractivity contribution in [2.24, 2.45) is 5.73 Å². The van der Waals surface area contributed by atoms with Crippen LogP contribution in [0, 0.1) is 10.1 Å². The lowest BCUT2D eigenvalue weighted by Gasteiger charge is -1.87. The Bertz CT molecular complexity index is 488. The first kappa shape index (κ1) is 9.41. The molecule has 0 saturated carbocycles. The predicted molar refractivity (Wildman–Crippen MR) is 48.8 cm³/mol. The molecule has 15 heavy (non-hydrogen) atoms. The third kappa shape index (κ3) is 1.72. The molecule has 0 aliphatic carbocycles. The van der Waals surface area contributed by atoms with Crippen LogP contribution in [0.1, 0.15) is 5.89 Å². The average Bonchev–Trinajstić information content (AvgIpc) is 2.86. The topological polar surface area (TPSA) is 108 Å².